The van der Waals surface area contributed by atoms with Crippen molar-refractivity contribution in [3.05, 3.63) is 28.9 Å². The summed E-state index contributed by atoms with van der Waals surface area (Å²) in [4.78, 5) is 15.1. The summed E-state index contributed by atoms with van der Waals surface area (Å²) < 4.78 is 1.60. The third-order valence-electron chi connectivity index (χ3n) is 1.45. The van der Waals surface area contributed by atoms with Gasteiger partial charge in [-0.3, -0.25) is 9.36 Å². The quantitative estimate of drug-likeness (QED) is 0.556. The smallest absolute Gasteiger partial charge is 0.253 e. The summed E-state index contributed by atoms with van der Waals surface area (Å²) in [5.74, 6) is 0. The molecule has 11 heavy (non-hydrogen) atoms. The van der Waals surface area contributed by atoms with Gasteiger partial charge in [-0.05, 0) is 20.8 Å². The van der Waals surface area contributed by atoms with E-state index in [1.54, 1.807) is 10.9 Å². The molecule has 0 aliphatic heterocycles. The molecule has 0 aliphatic carbocycles. The fourth-order valence-electron chi connectivity index (χ4n) is 0.853. The molecule has 0 fully saturated rings. The monoisotopic (exact) mass is 152 g/mol. The SMILES string of the molecule is CC(C)(C)n1cnccc1=O. The van der Waals surface area contributed by atoms with E-state index >= 15 is 0 Å². The Bertz CT molecular complexity index is 295. The number of rotatable bonds is 0. The Balaban J connectivity index is 3.26. The van der Waals surface area contributed by atoms with Gasteiger partial charge in [0.25, 0.3) is 5.56 Å². The van der Waals surface area contributed by atoms with Crippen molar-refractivity contribution in [2.75, 3.05) is 0 Å². The van der Waals surface area contributed by atoms with Crippen LogP contribution in [-0.4, -0.2) is 9.55 Å². The van der Waals surface area contributed by atoms with Crippen LogP contribution in [0.4, 0.5) is 0 Å². The van der Waals surface area contributed by atoms with Crippen LogP contribution in [0.5, 0.6) is 0 Å². The van der Waals surface area contributed by atoms with Gasteiger partial charge in [0, 0.05) is 17.8 Å². The van der Waals surface area contributed by atoms with Crippen LogP contribution in [0, 0.1) is 0 Å². The highest BCUT2D eigenvalue weighted by Crippen LogP contribution is 2.08. The van der Waals surface area contributed by atoms with Gasteiger partial charge in [0.15, 0.2) is 0 Å². The second kappa shape index (κ2) is 2.49. The first-order valence-electron chi connectivity index (χ1n) is 3.55. The second-order valence-corrected chi connectivity index (χ2v) is 3.46. The van der Waals surface area contributed by atoms with Crippen molar-refractivity contribution in [2.24, 2.45) is 0 Å². The van der Waals surface area contributed by atoms with Crippen molar-refractivity contribution in [3.8, 4) is 0 Å². The average Bonchev–Trinajstić information content (AvgIpc) is 1.86. The Morgan fingerprint density at radius 2 is 2.09 bits per heavy atom. The molecule has 0 aromatic carbocycles. The normalized spacial score (nSPS) is 11.5. The van der Waals surface area contributed by atoms with E-state index in [2.05, 4.69) is 4.98 Å². The van der Waals surface area contributed by atoms with Crippen LogP contribution in [-0.2, 0) is 5.54 Å². The van der Waals surface area contributed by atoms with Crippen LogP contribution in [0.3, 0.4) is 0 Å². The third kappa shape index (κ3) is 1.67. The molecule has 0 atom stereocenters. The van der Waals surface area contributed by atoms with Crippen LogP contribution in [0.2, 0.25) is 0 Å². The molecule has 0 spiro atoms. The molecule has 60 valence electrons. The Kier molecular flexibility index (Phi) is 1.81. The Hall–Kier alpha value is -1.12. The van der Waals surface area contributed by atoms with Gasteiger partial charge in [-0.2, -0.15) is 0 Å². The molecule has 0 saturated carbocycles. The third-order valence-corrected chi connectivity index (χ3v) is 1.45. The molecular formula is C8H12N2O. The second-order valence-electron chi connectivity index (χ2n) is 3.46. The molecule has 1 rings (SSSR count). The lowest BCUT2D eigenvalue weighted by molar-refractivity contribution is 0.379. The predicted molar refractivity (Wildman–Crippen MR) is 43.5 cm³/mol. The van der Waals surface area contributed by atoms with Gasteiger partial charge in [0.2, 0.25) is 0 Å². The van der Waals surface area contributed by atoms with Crippen molar-refractivity contribution < 1.29 is 0 Å². The fourth-order valence-corrected chi connectivity index (χ4v) is 0.853. The molecule has 1 heterocycles. The maximum Gasteiger partial charge on any atom is 0.253 e. The first-order valence-corrected chi connectivity index (χ1v) is 3.55. The zero-order chi connectivity index (χ0) is 8.48. The zero-order valence-corrected chi connectivity index (χ0v) is 7.03. The molecule has 0 unspecified atom stereocenters. The molecule has 1 aromatic rings. The molecule has 0 saturated heterocycles. The first-order chi connectivity index (χ1) is 5.02. The molecule has 0 N–H and O–H groups in total. The van der Waals surface area contributed by atoms with Gasteiger partial charge in [0.1, 0.15) is 0 Å². The summed E-state index contributed by atoms with van der Waals surface area (Å²) in [6, 6.07) is 1.46. The van der Waals surface area contributed by atoms with E-state index in [0.717, 1.165) is 0 Å². The number of hydrogen-bond donors (Lipinski definition) is 0. The summed E-state index contributed by atoms with van der Waals surface area (Å²) in [5.41, 5.74) is -0.182. The first kappa shape index (κ1) is 7.98. The van der Waals surface area contributed by atoms with Crippen LogP contribution in [0.25, 0.3) is 0 Å². The number of nitrogens with zero attached hydrogens (tertiary/aromatic N) is 2. The van der Waals surface area contributed by atoms with Crippen molar-refractivity contribution in [3.63, 3.8) is 0 Å². The van der Waals surface area contributed by atoms with Crippen molar-refractivity contribution in [1.82, 2.24) is 9.55 Å². The van der Waals surface area contributed by atoms with Gasteiger partial charge in [0.05, 0.1) is 6.33 Å². The Morgan fingerprint density at radius 3 is 2.45 bits per heavy atom. The summed E-state index contributed by atoms with van der Waals surface area (Å²) in [6.45, 7) is 5.90. The van der Waals surface area contributed by atoms with E-state index in [-0.39, 0.29) is 11.1 Å². The van der Waals surface area contributed by atoms with Crippen molar-refractivity contribution in [2.45, 2.75) is 26.3 Å². The predicted octanol–water partition coefficient (Wildman–Crippen LogP) is 0.998. The molecule has 0 amide bonds. The van der Waals surface area contributed by atoms with E-state index < -0.39 is 0 Å². The zero-order valence-electron chi connectivity index (χ0n) is 7.03. The topological polar surface area (TPSA) is 34.9 Å². The largest absolute Gasteiger partial charge is 0.294 e. The molecule has 0 aliphatic rings. The highest BCUT2D eigenvalue weighted by atomic mass is 16.1. The highest BCUT2D eigenvalue weighted by molar-refractivity contribution is 4.87. The molecule has 3 heteroatoms. The van der Waals surface area contributed by atoms with Gasteiger partial charge < -0.3 is 0 Å². The van der Waals surface area contributed by atoms with Crippen molar-refractivity contribution >= 4 is 0 Å². The maximum absolute atomic E-state index is 11.2. The molecule has 0 radical (unpaired) electrons. The lowest BCUT2D eigenvalue weighted by Gasteiger charge is -2.20. The van der Waals surface area contributed by atoms with E-state index in [1.807, 2.05) is 20.8 Å². The Morgan fingerprint density at radius 1 is 1.45 bits per heavy atom. The van der Waals surface area contributed by atoms with Crippen LogP contribution in [0.15, 0.2) is 23.4 Å². The van der Waals surface area contributed by atoms with Gasteiger partial charge in [-0.25, -0.2) is 4.98 Å². The number of hydrogen-bond acceptors (Lipinski definition) is 2. The Labute approximate surface area is 65.7 Å². The van der Waals surface area contributed by atoms with Crippen LogP contribution in [0.1, 0.15) is 20.8 Å². The molecule has 1 aromatic heterocycles. The lowest BCUT2D eigenvalue weighted by atomic mass is 10.1. The summed E-state index contributed by atoms with van der Waals surface area (Å²) >= 11 is 0. The van der Waals surface area contributed by atoms with E-state index in [1.165, 1.54) is 12.3 Å². The summed E-state index contributed by atoms with van der Waals surface area (Å²) in [6.07, 6.45) is 3.06. The van der Waals surface area contributed by atoms with Gasteiger partial charge >= 0.3 is 0 Å². The van der Waals surface area contributed by atoms with E-state index in [4.69, 9.17) is 0 Å². The van der Waals surface area contributed by atoms with Crippen LogP contribution < -0.4 is 5.56 Å². The van der Waals surface area contributed by atoms with Crippen molar-refractivity contribution in [1.29, 1.82) is 0 Å². The highest BCUT2D eigenvalue weighted by Gasteiger charge is 2.12. The molecular weight excluding hydrogens is 140 g/mol. The minimum atomic E-state index is -0.175. The fraction of sp³-hybridized carbons (Fsp3) is 0.500. The molecule has 3 nitrogen and oxygen atoms in total. The minimum Gasteiger partial charge on any atom is -0.294 e. The van der Waals surface area contributed by atoms with E-state index in [9.17, 15) is 4.79 Å². The minimum absolute atomic E-state index is 0.00694. The number of aromatic nitrogens is 2. The average molecular weight is 152 g/mol. The standard InChI is InChI=1S/C8H12N2O/c1-8(2,3)10-6-9-5-4-7(10)11/h4-6H,1-3H3. The van der Waals surface area contributed by atoms with Gasteiger partial charge in [-0.1, -0.05) is 0 Å². The van der Waals surface area contributed by atoms with Gasteiger partial charge in [-0.15, -0.1) is 0 Å². The molecule has 0 bridgehead atoms. The summed E-state index contributed by atoms with van der Waals surface area (Å²) in [7, 11) is 0. The van der Waals surface area contributed by atoms with Crippen LogP contribution >= 0.6 is 0 Å². The lowest BCUT2D eigenvalue weighted by Crippen LogP contribution is -2.32. The summed E-state index contributed by atoms with van der Waals surface area (Å²) in [5, 5.41) is 0. The maximum atomic E-state index is 11.2. The van der Waals surface area contributed by atoms with E-state index in [0.29, 0.717) is 0 Å².